The van der Waals surface area contributed by atoms with Crippen LogP contribution in [0.4, 0.5) is 4.39 Å². The van der Waals surface area contributed by atoms with E-state index in [4.69, 9.17) is 11.1 Å². The van der Waals surface area contributed by atoms with E-state index < -0.39 is 8.11 Å². The van der Waals surface area contributed by atoms with E-state index in [1.54, 1.807) is 0 Å². The second-order valence-corrected chi connectivity index (χ2v) is 9.06. The molecule has 0 spiro atoms. The third-order valence-corrected chi connectivity index (χ3v) is 6.88. The Bertz CT molecular complexity index is 557. The van der Waals surface area contributed by atoms with Gasteiger partial charge in [0.05, 0.1) is 0 Å². The van der Waals surface area contributed by atoms with Crippen LogP contribution in [0.25, 0.3) is 11.1 Å². The molecule has 0 unspecified atom stereocenters. The van der Waals surface area contributed by atoms with E-state index in [2.05, 4.69) is 24.3 Å². The van der Waals surface area contributed by atoms with Gasteiger partial charge in [0.2, 0.25) is 0 Å². The Kier molecular flexibility index (Phi) is 4.23. The highest BCUT2D eigenvalue weighted by Gasteiger charge is 2.22. The van der Waals surface area contributed by atoms with Crippen molar-refractivity contribution >= 4 is 19.2 Å². The maximum atomic E-state index is 12.9. The van der Waals surface area contributed by atoms with Crippen LogP contribution in [0.5, 0.6) is 0 Å². The van der Waals surface area contributed by atoms with Gasteiger partial charge in [-0.05, 0) is 59.7 Å². The quantitative estimate of drug-likeness (QED) is 0.500. The van der Waals surface area contributed by atoms with Crippen LogP contribution in [0.1, 0.15) is 24.3 Å². The fourth-order valence-corrected chi connectivity index (χ4v) is 5.08. The highest BCUT2D eigenvalue weighted by Crippen LogP contribution is 2.35. The van der Waals surface area contributed by atoms with Crippen molar-refractivity contribution in [3.63, 3.8) is 0 Å². The number of benzene rings is 2. The van der Waals surface area contributed by atoms with Gasteiger partial charge < -0.3 is 0 Å². The standard InChI is InChI=1S/C17H17ClFSi/c18-20-11-9-16(10-12-20)14-3-1-13(2-4-14)15-5-7-17(19)8-6-15/h1-8,16H,9-12H2. The Labute approximate surface area is 125 Å². The number of halogens is 2. The molecule has 3 rings (SSSR count). The van der Waals surface area contributed by atoms with Crippen LogP contribution in [0.2, 0.25) is 12.1 Å². The fraction of sp³-hybridized carbons (Fsp3) is 0.294. The van der Waals surface area contributed by atoms with Crippen molar-refractivity contribution in [2.24, 2.45) is 0 Å². The SMILES string of the molecule is Fc1ccc(-c2ccc(C3CC[Si](Cl)CC3)cc2)cc1. The highest BCUT2D eigenvalue weighted by molar-refractivity contribution is 7.07. The largest absolute Gasteiger partial charge is 0.207 e. The van der Waals surface area contributed by atoms with Gasteiger partial charge in [-0.1, -0.05) is 36.4 Å². The molecule has 0 nitrogen and oxygen atoms in total. The summed E-state index contributed by atoms with van der Waals surface area (Å²) >= 11 is 6.26. The van der Waals surface area contributed by atoms with Gasteiger partial charge >= 0.3 is 0 Å². The second kappa shape index (κ2) is 6.11. The summed E-state index contributed by atoms with van der Waals surface area (Å²) < 4.78 is 12.9. The van der Waals surface area contributed by atoms with Gasteiger partial charge in [0.1, 0.15) is 5.82 Å². The first-order valence-electron chi connectivity index (χ1n) is 7.08. The molecule has 1 aliphatic rings. The molecule has 0 N–H and O–H groups in total. The monoisotopic (exact) mass is 303 g/mol. The zero-order chi connectivity index (χ0) is 13.9. The molecule has 0 atom stereocenters. The number of hydrogen-bond acceptors (Lipinski definition) is 0. The van der Waals surface area contributed by atoms with Crippen LogP contribution in [0.15, 0.2) is 48.5 Å². The zero-order valence-corrected chi connectivity index (χ0v) is 13.0. The first-order chi connectivity index (χ1) is 9.72. The average Bonchev–Trinajstić information content (AvgIpc) is 2.49. The summed E-state index contributed by atoms with van der Waals surface area (Å²) in [5.74, 6) is 0.482. The van der Waals surface area contributed by atoms with E-state index in [9.17, 15) is 4.39 Å². The lowest BCUT2D eigenvalue weighted by atomic mass is 9.92. The molecule has 0 bridgehead atoms. The van der Waals surface area contributed by atoms with E-state index in [0.717, 1.165) is 11.1 Å². The first kappa shape index (κ1) is 13.8. The highest BCUT2D eigenvalue weighted by atomic mass is 35.6. The smallest absolute Gasteiger partial charge is 0.165 e. The summed E-state index contributed by atoms with van der Waals surface area (Å²) in [4.78, 5) is 0. The second-order valence-electron chi connectivity index (χ2n) is 5.42. The molecule has 3 heteroatoms. The molecular formula is C17H17ClFSi. The topological polar surface area (TPSA) is 0 Å². The van der Waals surface area contributed by atoms with E-state index in [-0.39, 0.29) is 5.82 Å². The Morgan fingerprint density at radius 1 is 0.850 bits per heavy atom. The molecule has 2 aromatic rings. The maximum absolute atomic E-state index is 12.9. The molecule has 0 amide bonds. The van der Waals surface area contributed by atoms with E-state index in [0.29, 0.717) is 5.92 Å². The Morgan fingerprint density at radius 3 is 1.90 bits per heavy atom. The van der Waals surface area contributed by atoms with Crippen molar-refractivity contribution in [1.29, 1.82) is 0 Å². The lowest BCUT2D eigenvalue weighted by Crippen LogP contribution is -2.14. The van der Waals surface area contributed by atoms with Gasteiger partial charge in [0, 0.05) is 0 Å². The molecular weight excluding hydrogens is 287 g/mol. The van der Waals surface area contributed by atoms with E-state index in [1.165, 1.54) is 42.6 Å². The summed E-state index contributed by atoms with van der Waals surface area (Å²) in [6.07, 6.45) is 2.46. The van der Waals surface area contributed by atoms with Crippen molar-refractivity contribution < 1.29 is 4.39 Å². The normalized spacial score (nSPS) is 17.3. The molecule has 1 radical (unpaired) electrons. The molecule has 1 fully saturated rings. The molecule has 0 aromatic heterocycles. The average molecular weight is 304 g/mol. The third kappa shape index (κ3) is 3.13. The summed E-state index contributed by atoms with van der Waals surface area (Å²) in [5, 5.41) is 0. The van der Waals surface area contributed by atoms with Crippen molar-refractivity contribution in [1.82, 2.24) is 0 Å². The van der Waals surface area contributed by atoms with Crippen LogP contribution >= 0.6 is 11.1 Å². The molecule has 1 heterocycles. The van der Waals surface area contributed by atoms with Crippen molar-refractivity contribution in [3.05, 3.63) is 59.9 Å². The third-order valence-electron chi connectivity index (χ3n) is 4.09. The maximum Gasteiger partial charge on any atom is 0.165 e. The Hall–Kier alpha value is -1.12. The van der Waals surface area contributed by atoms with Gasteiger partial charge in [-0.25, -0.2) is 4.39 Å². The summed E-state index contributed by atoms with van der Waals surface area (Å²) in [5.41, 5.74) is 3.63. The molecule has 1 aliphatic heterocycles. The molecule has 20 heavy (non-hydrogen) atoms. The minimum atomic E-state index is -0.551. The first-order valence-corrected chi connectivity index (χ1v) is 10.0. The Morgan fingerprint density at radius 2 is 1.35 bits per heavy atom. The van der Waals surface area contributed by atoms with E-state index in [1.807, 2.05) is 12.1 Å². The fourth-order valence-electron chi connectivity index (χ4n) is 2.85. The van der Waals surface area contributed by atoms with Crippen LogP contribution in [0.3, 0.4) is 0 Å². The van der Waals surface area contributed by atoms with Gasteiger partial charge in [-0.2, -0.15) is 11.1 Å². The summed E-state index contributed by atoms with van der Waals surface area (Å²) in [6.45, 7) is 0. The molecule has 0 aliphatic carbocycles. The summed E-state index contributed by atoms with van der Waals surface area (Å²) in [7, 11) is -0.551. The van der Waals surface area contributed by atoms with Crippen LogP contribution < -0.4 is 0 Å². The minimum absolute atomic E-state index is 0.189. The van der Waals surface area contributed by atoms with E-state index >= 15 is 0 Å². The van der Waals surface area contributed by atoms with Crippen LogP contribution in [-0.2, 0) is 0 Å². The summed E-state index contributed by atoms with van der Waals surface area (Å²) in [6, 6.07) is 17.8. The molecule has 1 saturated heterocycles. The Balaban J connectivity index is 1.76. The van der Waals surface area contributed by atoms with Crippen molar-refractivity contribution in [3.8, 4) is 11.1 Å². The number of hydrogen-bond donors (Lipinski definition) is 0. The van der Waals surface area contributed by atoms with Gasteiger partial charge in [-0.15, -0.1) is 0 Å². The van der Waals surface area contributed by atoms with Crippen LogP contribution in [-0.4, -0.2) is 8.11 Å². The van der Waals surface area contributed by atoms with Gasteiger partial charge in [0.15, 0.2) is 8.11 Å². The van der Waals surface area contributed by atoms with Crippen LogP contribution in [0, 0.1) is 5.82 Å². The minimum Gasteiger partial charge on any atom is -0.207 e. The van der Waals surface area contributed by atoms with Gasteiger partial charge in [0.25, 0.3) is 0 Å². The predicted molar refractivity (Wildman–Crippen MR) is 85.0 cm³/mol. The molecule has 103 valence electrons. The molecule has 0 saturated carbocycles. The lowest BCUT2D eigenvalue weighted by molar-refractivity contribution is 0.613. The van der Waals surface area contributed by atoms with Gasteiger partial charge in [-0.3, -0.25) is 0 Å². The zero-order valence-electron chi connectivity index (χ0n) is 11.3. The lowest BCUT2D eigenvalue weighted by Gasteiger charge is -2.24. The van der Waals surface area contributed by atoms with Crippen molar-refractivity contribution in [2.45, 2.75) is 30.8 Å². The van der Waals surface area contributed by atoms with Crippen molar-refractivity contribution in [2.75, 3.05) is 0 Å². The predicted octanol–water partition coefficient (Wildman–Crippen LogP) is 5.60. The number of rotatable bonds is 2. The molecule has 2 aromatic carbocycles.